The van der Waals surface area contributed by atoms with E-state index in [4.69, 9.17) is 9.31 Å². The number of hydrogen-bond donors (Lipinski definition) is 2. The molecule has 184 valence electrons. The van der Waals surface area contributed by atoms with Crippen LogP contribution >= 0.6 is 0 Å². The van der Waals surface area contributed by atoms with Gasteiger partial charge in [0.1, 0.15) is 5.82 Å². The van der Waals surface area contributed by atoms with E-state index in [2.05, 4.69) is 15.6 Å². The highest BCUT2D eigenvalue weighted by Crippen LogP contribution is 2.36. The van der Waals surface area contributed by atoms with Crippen molar-refractivity contribution in [2.75, 3.05) is 10.6 Å². The molecule has 2 aromatic carbocycles. The SMILES string of the molecule is CC(C)(C)c1cn(-c2ccccc2)c(NC(=O)Nc2ccc(B3OC(C)(C)C(C)(C)O3)cc2F)n1. The highest BCUT2D eigenvalue weighted by molar-refractivity contribution is 6.62. The van der Waals surface area contributed by atoms with Crippen LogP contribution in [0.2, 0.25) is 0 Å². The molecule has 0 bridgehead atoms. The van der Waals surface area contributed by atoms with Gasteiger partial charge >= 0.3 is 13.1 Å². The Labute approximate surface area is 206 Å². The summed E-state index contributed by atoms with van der Waals surface area (Å²) in [6.07, 6.45) is 1.89. The van der Waals surface area contributed by atoms with E-state index in [0.717, 1.165) is 11.4 Å². The van der Waals surface area contributed by atoms with Crippen LogP contribution in [-0.4, -0.2) is 33.9 Å². The standard InChI is InChI=1S/C26H32BFN4O3/c1-24(2,3)21-16-32(18-11-9-8-10-12-18)22(30-21)31-23(33)29-20-14-13-17(15-19(20)28)27-34-25(4,5)26(6,7)35-27/h8-16H,1-7H3,(H2,29,30,31,33). The van der Waals surface area contributed by atoms with Gasteiger partial charge in [0.25, 0.3) is 0 Å². The largest absolute Gasteiger partial charge is 0.494 e. The number of carbonyl (C=O) groups excluding carboxylic acids is 1. The predicted octanol–water partition coefficient (Wildman–Crippen LogP) is 5.25. The van der Waals surface area contributed by atoms with E-state index in [1.807, 2.05) is 85.0 Å². The van der Waals surface area contributed by atoms with Gasteiger partial charge in [-0.1, -0.05) is 45.0 Å². The van der Waals surface area contributed by atoms with Crippen molar-refractivity contribution in [1.29, 1.82) is 0 Å². The number of anilines is 2. The predicted molar refractivity (Wildman–Crippen MR) is 137 cm³/mol. The van der Waals surface area contributed by atoms with E-state index >= 15 is 0 Å². The Balaban J connectivity index is 1.52. The maximum absolute atomic E-state index is 14.9. The lowest BCUT2D eigenvalue weighted by molar-refractivity contribution is 0.00578. The zero-order valence-corrected chi connectivity index (χ0v) is 21.3. The number of halogens is 1. The fraction of sp³-hybridized carbons (Fsp3) is 0.385. The van der Waals surface area contributed by atoms with Crippen LogP contribution in [0.5, 0.6) is 0 Å². The Morgan fingerprint density at radius 2 is 1.63 bits per heavy atom. The zero-order chi connectivity index (χ0) is 25.6. The third-order valence-electron chi connectivity index (χ3n) is 6.50. The van der Waals surface area contributed by atoms with Crippen molar-refractivity contribution in [2.24, 2.45) is 0 Å². The van der Waals surface area contributed by atoms with E-state index in [0.29, 0.717) is 11.4 Å². The number of benzene rings is 2. The lowest BCUT2D eigenvalue weighted by atomic mass is 9.79. The number of amides is 2. The minimum atomic E-state index is -0.688. The summed E-state index contributed by atoms with van der Waals surface area (Å²) in [4.78, 5) is 17.4. The van der Waals surface area contributed by atoms with Gasteiger partial charge in [-0.05, 0) is 57.4 Å². The molecule has 1 aromatic heterocycles. The van der Waals surface area contributed by atoms with Gasteiger partial charge in [0.05, 0.1) is 22.6 Å². The first-order valence-corrected chi connectivity index (χ1v) is 11.7. The topological polar surface area (TPSA) is 77.4 Å². The molecule has 0 atom stereocenters. The molecule has 0 saturated carbocycles. The number of nitrogens with one attached hydrogen (secondary N) is 2. The van der Waals surface area contributed by atoms with Crippen molar-refractivity contribution in [2.45, 2.75) is 65.1 Å². The van der Waals surface area contributed by atoms with Crippen LogP contribution in [0.3, 0.4) is 0 Å². The fourth-order valence-corrected chi connectivity index (χ4v) is 3.63. The van der Waals surface area contributed by atoms with Crippen molar-refractivity contribution in [1.82, 2.24) is 9.55 Å². The maximum atomic E-state index is 14.9. The average molecular weight is 478 g/mol. The number of nitrogens with zero attached hydrogens (tertiary/aromatic N) is 2. The van der Waals surface area contributed by atoms with Crippen LogP contribution in [0.15, 0.2) is 54.7 Å². The smallest absolute Gasteiger partial charge is 0.399 e. The summed E-state index contributed by atoms with van der Waals surface area (Å²) < 4.78 is 28.7. The second-order valence-corrected chi connectivity index (χ2v) is 10.8. The van der Waals surface area contributed by atoms with E-state index in [1.165, 1.54) is 12.1 Å². The molecule has 2 amide bonds. The third-order valence-corrected chi connectivity index (χ3v) is 6.50. The lowest BCUT2D eigenvalue weighted by Gasteiger charge is -2.32. The molecular weight excluding hydrogens is 446 g/mol. The lowest BCUT2D eigenvalue weighted by Crippen LogP contribution is -2.41. The summed E-state index contributed by atoms with van der Waals surface area (Å²) in [7, 11) is -0.688. The first-order chi connectivity index (χ1) is 16.3. The quantitative estimate of drug-likeness (QED) is 0.502. The van der Waals surface area contributed by atoms with Crippen LogP contribution in [0.4, 0.5) is 20.8 Å². The molecule has 0 unspecified atom stereocenters. The Kier molecular flexibility index (Phi) is 6.27. The minimum Gasteiger partial charge on any atom is -0.399 e. The van der Waals surface area contributed by atoms with Crippen molar-refractivity contribution in [3.8, 4) is 5.69 Å². The minimum absolute atomic E-state index is 0.0385. The van der Waals surface area contributed by atoms with Gasteiger partial charge in [-0.15, -0.1) is 0 Å². The molecule has 1 saturated heterocycles. The highest BCUT2D eigenvalue weighted by atomic mass is 19.1. The molecule has 35 heavy (non-hydrogen) atoms. The Morgan fingerprint density at radius 3 is 2.20 bits per heavy atom. The van der Waals surface area contributed by atoms with Crippen molar-refractivity contribution in [3.05, 3.63) is 66.2 Å². The van der Waals surface area contributed by atoms with Crippen LogP contribution in [0.25, 0.3) is 5.69 Å². The van der Waals surface area contributed by atoms with Gasteiger partial charge in [0.2, 0.25) is 5.95 Å². The van der Waals surface area contributed by atoms with Gasteiger partial charge in [-0.2, -0.15) is 0 Å². The van der Waals surface area contributed by atoms with E-state index < -0.39 is 30.2 Å². The summed E-state index contributed by atoms with van der Waals surface area (Å²) in [6.45, 7) is 13.9. The van der Waals surface area contributed by atoms with Crippen LogP contribution < -0.4 is 16.1 Å². The van der Waals surface area contributed by atoms with E-state index in [-0.39, 0.29) is 11.1 Å². The number of rotatable bonds is 4. The monoisotopic (exact) mass is 478 g/mol. The molecule has 2 heterocycles. The third kappa shape index (κ3) is 5.11. The molecule has 0 spiro atoms. The Morgan fingerprint density at radius 1 is 1.00 bits per heavy atom. The molecule has 4 rings (SSSR count). The molecular formula is C26H32BFN4O3. The normalized spacial score (nSPS) is 16.9. The molecule has 9 heteroatoms. The summed E-state index contributed by atoms with van der Waals surface area (Å²) >= 11 is 0. The summed E-state index contributed by atoms with van der Waals surface area (Å²) in [5.41, 5.74) is 0.966. The molecule has 0 radical (unpaired) electrons. The molecule has 7 nitrogen and oxygen atoms in total. The summed E-state index contributed by atoms with van der Waals surface area (Å²) in [6, 6.07) is 13.5. The molecule has 3 aromatic rings. The second kappa shape index (κ2) is 8.80. The summed E-state index contributed by atoms with van der Waals surface area (Å²) in [5, 5.41) is 5.33. The van der Waals surface area contributed by atoms with Crippen LogP contribution in [0, 0.1) is 5.82 Å². The zero-order valence-electron chi connectivity index (χ0n) is 21.3. The number of carbonyl (C=O) groups is 1. The van der Waals surface area contributed by atoms with Gasteiger partial charge in [0.15, 0.2) is 0 Å². The molecule has 2 N–H and O–H groups in total. The van der Waals surface area contributed by atoms with Gasteiger partial charge in [0, 0.05) is 17.3 Å². The van der Waals surface area contributed by atoms with E-state index in [9.17, 15) is 9.18 Å². The van der Waals surface area contributed by atoms with Gasteiger partial charge in [-0.25, -0.2) is 14.2 Å². The van der Waals surface area contributed by atoms with Gasteiger partial charge in [-0.3, -0.25) is 9.88 Å². The number of para-hydroxylation sites is 1. The Hall–Kier alpha value is -3.17. The number of hydrogen-bond acceptors (Lipinski definition) is 4. The summed E-state index contributed by atoms with van der Waals surface area (Å²) in [5.74, 6) is -0.248. The second-order valence-electron chi connectivity index (χ2n) is 10.8. The van der Waals surface area contributed by atoms with Crippen molar-refractivity contribution < 1.29 is 18.5 Å². The van der Waals surface area contributed by atoms with Crippen molar-refractivity contribution >= 4 is 30.2 Å². The average Bonchev–Trinajstić information content (AvgIpc) is 3.28. The molecule has 1 aliphatic heterocycles. The first-order valence-electron chi connectivity index (χ1n) is 11.7. The highest BCUT2D eigenvalue weighted by Gasteiger charge is 2.51. The fourth-order valence-electron chi connectivity index (χ4n) is 3.63. The van der Waals surface area contributed by atoms with Crippen molar-refractivity contribution in [3.63, 3.8) is 0 Å². The number of urea groups is 1. The molecule has 0 aliphatic carbocycles. The Bertz CT molecular complexity index is 1220. The van der Waals surface area contributed by atoms with Gasteiger partial charge < -0.3 is 14.6 Å². The molecule has 1 fully saturated rings. The first kappa shape index (κ1) is 24.9. The number of aromatic nitrogens is 2. The molecule has 1 aliphatic rings. The van der Waals surface area contributed by atoms with Crippen LogP contribution in [0.1, 0.15) is 54.2 Å². The van der Waals surface area contributed by atoms with Crippen LogP contribution in [-0.2, 0) is 14.7 Å². The van der Waals surface area contributed by atoms with E-state index in [1.54, 1.807) is 10.6 Å². The maximum Gasteiger partial charge on any atom is 0.494 e. The number of imidazole rings is 1.